The first-order valence-corrected chi connectivity index (χ1v) is 5.20. The predicted molar refractivity (Wildman–Crippen MR) is 60.8 cm³/mol. The maximum absolute atomic E-state index is 13.6. The fraction of sp³-hybridized carbons (Fsp3) is 0.417. The number of nitrogens with zero attached hydrogens (tertiary/aromatic N) is 2. The van der Waals surface area contributed by atoms with E-state index in [0.717, 1.165) is 0 Å². The molecular weight excluding hydrogens is 226 g/mol. The van der Waals surface area contributed by atoms with Gasteiger partial charge in [0.25, 0.3) is 0 Å². The van der Waals surface area contributed by atoms with Crippen molar-refractivity contribution >= 4 is 5.69 Å². The highest BCUT2D eigenvalue weighted by molar-refractivity contribution is 5.51. The summed E-state index contributed by atoms with van der Waals surface area (Å²) in [6.07, 6.45) is 0.716. The van der Waals surface area contributed by atoms with Crippen LogP contribution in [0.4, 0.5) is 14.5 Å². The van der Waals surface area contributed by atoms with Crippen molar-refractivity contribution in [2.24, 2.45) is 0 Å². The molecule has 0 aromatic heterocycles. The second-order valence-electron chi connectivity index (χ2n) is 3.64. The molecule has 0 amide bonds. The van der Waals surface area contributed by atoms with Crippen LogP contribution in [-0.2, 0) is 4.74 Å². The van der Waals surface area contributed by atoms with Gasteiger partial charge in [0.1, 0.15) is 6.07 Å². The van der Waals surface area contributed by atoms with Gasteiger partial charge in [-0.25, -0.2) is 8.78 Å². The molecule has 0 spiro atoms. The Morgan fingerprint density at radius 2 is 2.06 bits per heavy atom. The monoisotopic (exact) mass is 240 g/mol. The van der Waals surface area contributed by atoms with Crippen LogP contribution >= 0.6 is 0 Å². The molecule has 0 bridgehead atoms. The largest absolute Gasteiger partial charge is 0.385 e. The molecule has 0 heterocycles. The van der Waals surface area contributed by atoms with Crippen LogP contribution in [-0.4, -0.2) is 27.3 Å². The van der Waals surface area contributed by atoms with E-state index in [2.05, 4.69) is 0 Å². The molecule has 0 aliphatic rings. The molecule has 0 atom stereocenters. The Labute approximate surface area is 99.2 Å². The highest BCUT2D eigenvalue weighted by Gasteiger charge is 2.15. The average Bonchev–Trinajstić information content (AvgIpc) is 2.32. The third-order valence-corrected chi connectivity index (χ3v) is 2.44. The smallest absolute Gasteiger partial charge is 0.183 e. The van der Waals surface area contributed by atoms with E-state index in [1.165, 1.54) is 12.1 Å². The Morgan fingerprint density at radius 1 is 1.35 bits per heavy atom. The molecule has 0 aliphatic carbocycles. The van der Waals surface area contributed by atoms with Crippen LogP contribution in [0.2, 0.25) is 0 Å². The molecule has 1 aromatic rings. The molecule has 3 nitrogen and oxygen atoms in total. The predicted octanol–water partition coefficient (Wildman–Crippen LogP) is 2.31. The molecule has 0 saturated heterocycles. The number of benzene rings is 1. The van der Waals surface area contributed by atoms with Gasteiger partial charge < -0.3 is 9.64 Å². The number of nitriles is 1. The Hall–Kier alpha value is -1.67. The van der Waals surface area contributed by atoms with Crippen molar-refractivity contribution < 1.29 is 13.5 Å². The van der Waals surface area contributed by atoms with Crippen molar-refractivity contribution in [1.29, 1.82) is 5.26 Å². The van der Waals surface area contributed by atoms with Crippen LogP contribution in [0.15, 0.2) is 12.1 Å². The molecule has 1 rings (SSSR count). The zero-order valence-electron chi connectivity index (χ0n) is 9.83. The number of rotatable bonds is 5. The quantitative estimate of drug-likeness (QED) is 0.741. The van der Waals surface area contributed by atoms with Gasteiger partial charge in [-0.3, -0.25) is 0 Å². The first kappa shape index (κ1) is 13.4. The van der Waals surface area contributed by atoms with Crippen LogP contribution in [0, 0.1) is 23.0 Å². The van der Waals surface area contributed by atoms with Gasteiger partial charge in [0.2, 0.25) is 0 Å². The number of hydrogen-bond acceptors (Lipinski definition) is 3. The van der Waals surface area contributed by atoms with Crippen molar-refractivity contribution in [2.75, 3.05) is 32.2 Å². The SMILES string of the molecule is COCCCN(C)c1ccc(C#N)c(F)c1F. The molecule has 17 heavy (non-hydrogen) atoms. The number of ether oxygens (including phenoxy) is 1. The topological polar surface area (TPSA) is 36.3 Å². The molecule has 5 heteroatoms. The van der Waals surface area contributed by atoms with E-state index >= 15 is 0 Å². The zero-order chi connectivity index (χ0) is 12.8. The van der Waals surface area contributed by atoms with Crippen molar-refractivity contribution in [3.63, 3.8) is 0 Å². The Bertz CT molecular complexity index is 429. The summed E-state index contributed by atoms with van der Waals surface area (Å²) < 4.78 is 31.9. The van der Waals surface area contributed by atoms with Gasteiger partial charge in [-0.05, 0) is 18.6 Å². The third kappa shape index (κ3) is 3.14. The standard InChI is InChI=1S/C12H14F2N2O/c1-16(6-3-7-17-2)10-5-4-9(8-15)11(13)12(10)14/h4-5H,3,6-7H2,1-2H3. The summed E-state index contributed by atoms with van der Waals surface area (Å²) in [5, 5.41) is 8.56. The fourth-order valence-corrected chi connectivity index (χ4v) is 1.49. The van der Waals surface area contributed by atoms with Gasteiger partial charge >= 0.3 is 0 Å². The molecule has 0 saturated carbocycles. The highest BCUT2D eigenvalue weighted by atomic mass is 19.2. The normalized spacial score (nSPS) is 10.1. The number of halogens is 2. The van der Waals surface area contributed by atoms with Crippen LogP contribution in [0.1, 0.15) is 12.0 Å². The Kier molecular flexibility index (Phi) is 4.85. The second-order valence-corrected chi connectivity index (χ2v) is 3.64. The minimum Gasteiger partial charge on any atom is -0.385 e. The molecule has 1 aromatic carbocycles. The third-order valence-electron chi connectivity index (χ3n) is 2.44. The van der Waals surface area contributed by atoms with E-state index in [9.17, 15) is 8.78 Å². The Balaban J connectivity index is 2.85. The van der Waals surface area contributed by atoms with Crippen molar-refractivity contribution in [1.82, 2.24) is 0 Å². The van der Waals surface area contributed by atoms with Gasteiger partial charge in [-0.15, -0.1) is 0 Å². The second kappa shape index (κ2) is 6.16. The fourth-order valence-electron chi connectivity index (χ4n) is 1.49. The van der Waals surface area contributed by atoms with Gasteiger partial charge in [0, 0.05) is 27.3 Å². The van der Waals surface area contributed by atoms with Crippen LogP contribution in [0.3, 0.4) is 0 Å². The lowest BCUT2D eigenvalue weighted by atomic mass is 10.2. The van der Waals surface area contributed by atoms with Crippen LogP contribution in [0.25, 0.3) is 0 Å². The lowest BCUT2D eigenvalue weighted by molar-refractivity contribution is 0.196. The van der Waals surface area contributed by atoms with E-state index in [4.69, 9.17) is 10.00 Å². The van der Waals surface area contributed by atoms with E-state index in [0.29, 0.717) is 19.6 Å². The van der Waals surface area contributed by atoms with Gasteiger partial charge in [0.05, 0.1) is 11.3 Å². The maximum Gasteiger partial charge on any atom is 0.183 e. The maximum atomic E-state index is 13.6. The zero-order valence-corrected chi connectivity index (χ0v) is 9.83. The highest BCUT2D eigenvalue weighted by Crippen LogP contribution is 2.23. The van der Waals surface area contributed by atoms with Crippen molar-refractivity contribution in [2.45, 2.75) is 6.42 Å². The molecule has 0 radical (unpaired) electrons. The summed E-state index contributed by atoms with van der Waals surface area (Å²) in [4.78, 5) is 1.60. The first-order valence-electron chi connectivity index (χ1n) is 5.20. The average molecular weight is 240 g/mol. The summed E-state index contributed by atoms with van der Waals surface area (Å²) in [5.41, 5.74) is -0.130. The summed E-state index contributed by atoms with van der Waals surface area (Å²) >= 11 is 0. The number of hydrogen-bond donors (Lipinski definition) is 0. The van der Waals surface area contributed by atoms with Gasteiger partial charge in [-0.2, -0.15) is 5.26 Å². The van der Waals surface area contributed by atoms with E-state index in [1.54, 1.807) is 25.1 Å². The van der Waals surface area contributed by atoms with Crippen molar-refractivity contribution in [3.05, 3.63) is 29.3 Å². The summed E-state index contributed by atoms with van der Waals surface area (Å²) in [5.74, 6) is -2.08. The lowest BCUT2D eigenvalue weighted by Gasteiger charge is -2.20. The van der Waals surface area contributed by atoms with E-state index in [-0.39, 0.29) is 11.3 Å². The minimum atomic E-state index is -1.09. The van der Waals surface area contributed by atoms with Gasteiger partial charge in [0.15, 0.2) is 11.6 Å². The van der Waals surface area contributed by atoms with Gasteiger partial charge in [-0.1, -0.05) is 0 Å². The molecule has 0 N–H and O–H groups in total. The lowest BCUT2D eigenvalue weighted by Crippen LogP contribution is -2.21. The first-order chi connectivity index (χ1) is 8.11. The van der Waals surface area contributed by atoms with Crippen LogP contribution < -0.4 is 4.90 Å². The number of methoxy groups -OCH3 is 1. The van der Waals surface area contributed by atoms with E-state index in [1.807, 2.05) is 0 Å². The molecule has 0 unspecified atom stereocenters. The molecule has 0 fully saturated rings. The molecule has 92 valence electrons. The van der Waals surface area contributed by atoms with Crippen molar-refractivity contribution in [3.8, 4) is 6.07 Å². The minimum absolute atomic E-state index is 0.151. The Morgan fingerprint density at radius 3 is 2.65 bits per heavy atom. The van der Waals surface area contributed by atoms with Crippen LogP contribution in [0.5, 0.6) is 0 Å². The summed E-state index contributed by atoms with van der Waals surface area (Å²) in [6, 6.07) is 4.29. The molecular formula is C12H14F2N2O. The summed E-state index contributed by atoms with van der Waals surface area (Å²) in [6.45, 7) is 1.11. The summed E-state index contributed by atoms with van der Waals surface area (Å²) in [7, 11) is 3.25. The molecule has 0 aliphatic heterocycles. The van der Waals surface area contributed by atoms with E-state index < -0.39 is 11.6 Å². The number of anilines is 1.